The van der Waals surface area contributed by atoms with E-state index in [0.717, 1.165) is 6.07 Å². The maximum atomic E-state index is 10.8. The number of nitrogens with zero attached hydrogens (tertiary/aromatic N) is 1. The first-order chi connectivity index (χ1) is 7.13. The highest BCUT2D eigenvalue weighted by Gasteiger charge is 2.10. The summed E-state index contributed by atoms with van der Waals surface area (Å²) in [7, 11) is 0. The number of hydrogen-bond acceptors (Lipinski definition) is 5. The topological polar surface area (TPSA) is 82.6 Å². The molecule has 0 saturated carbocycles. The van der Waals surface area contributed by atoms with Gasteiger partial charge in [-0.05, 0) is 12.8 Å². The molecule has 1 rings (SSSR count). The zero-order valence-electron chi connectivity index (χ0n) is 7.85. The van der Waals surface area contributed by atoms with Gasteiger partial charge in [-0.2, -0.15) is 0 Å². The average Bonchev–Trinajstić information content (AvgIpc) is 2.63. The highest BCUT2D eigenvalue weighted by Crippen LogP contribution is 2.14. The predicted molar refractivity (Wildman–Crippen MR) is 48.9 cm³/mol. The number of hydrogen-bond donors (Lipinski definition) is 0. The summed E-state index contributed by atoms with van der Waals surface area (Å²) in [6.07, 6.45) is 0. The van der Waals surface area contributed by atoms with Crippen molar-refractivity contribution in [3.8, 4) is 11.8 Å². The quantitative estimate of drug-likeness (QED) is 0.315. The van der Waals surface area contributed by atoms with E-state index in [2.05, 4.69) is 16.6 Å². The van der Waals surface area contributed by atoms with Gasteiger partial charge in [0.25, 0.3) is 0 Å². The lowest BCUT2D eigenvalue weighted by Crippen LogP contribution is -1.99. The number of esters is 1. The molecular weight excluding hydrogens is 202 g/mol. The summed E-state index contributed by atoms with van der Waals surface area (Å²) < 4.78 is 9.22. The van der Waals surface area contributed by atoms with Crippen molar-refractivity contribution in [3.05, 3.63) is 28.0 Å². The molecule has 6 nitrogen and oxygen atoms in total. The van der Waals surface area contributed by atoms with Crippen molar-refractivity contribution in [1.29, 1.82) is 0 Å². The minimum absolute atomic E-state index is 0.0507. The Morgan fingerprint density at radius 2 is 2.40 bits per heavy atom. The van der Waals surface area contributed by atoms with Crippen molar-refractivity contribution >= 4 is 11.9 Å². The molecule has 1 heterocycles. The van der Waals surface area contributed by atoms with Crippen molar-refractivity contribution in [2.75, 3.05) is 6.61 Å². The van der Waals surface area contributed by atoms with Crippen LogP contribution in [0.2, 0.25) is 0 Å². The molecule has 0 atom stereocenters. The predicted octanol–water partition coefficient (Wildman–Crippen LogP) is 1.10. The molecule has 0 spiro atoms. The van der Waals surface area contributed by atoms with E-state index < -0.39 is 16.8 Å². The zero-order chi connectivity index (χ0) is 11.3. The van der Waals surface area contributed by atoms with E-state index in [1.54, 1.807) is 6.92 Å². The first-order valence-electron chi connectivity index (χ1n) is 4.06. The molecule has 0 aliphatic carbocycles. The number of furan rings is 1. The minimum Gasteiger partial charge on any atom is -0.456 e. The molecule has 0 amide bonds. The summed E-state index contributed by atoms with van der Waals surface area (Å²) in [6.45, 7) is 1.88. The van der Waals surface area contributed by atoms with E-state index in [9.17, 15) is 14.9 Å². The summed E-state index contributed by atoms with van der Waals surface area (Å²) in [6, 6.07) is 2.47. The fourth-order valence-electron chi connectivity index (χ4n) is 0.773. The van der Waals surface area contributed by atoms with E-state index in [-0.39, 0.29) is 12.4 Å². The second-order valence-corrected chi connectivity index (χ2v) is 2.37. The first-order valence-corrected chi connectivity index (χ1v) is 4.06. The number of rotatable bonds is 2. The Hall–Kier alpha value is -2.29. The van der Waals surface area contributed by atoms with Crippen LogP contribution in [0.1, 0.15) is 12.7 Å². The maximum Gasteiger partial charge on any atom is 0.434 e. The molecule has 0 aliphatic rings. The van der Waals surface area contributed by atoms with Crippen LogP contribution in [0.25, 0.3) is 0 Å². The molecular formula is C9H7NO5. The number of carbonyl (C=O) groups is 1. The molecule has 0 N–H and O–H groups in total. The van der Waals surface area contributed by atoms with E-state index in [0.29, 0.717) is 0 Å². The number of ether oxygens (including phenoxy) is 1. The van der Waals surface area contributed by atoms with Crippen LogP contribution in [0.15, 0.2) is 16.5 Å². The van der Waals surface area contributed by atoms with Crippen LogP contribution >= 0.6 is 0 Å². The normalized spacial score (nSPS) is 8.87. The van der Waals surface area contributed by atoms with Crippen LogP contribution in [0, 0.1) is 22.0 Å². The van der Waals surface area contributed by atoms with Gasteiger partial charge < -0.3 is 9.15 Å². The lowest BCUT2D eigenvalue weighted by molar-refractivity contribution is -0.402. The third kappa shape index (κ3) is 3.15. The first kappa shape index (κ1) is 10.8. The Bertz CT molecular complexity index is 437. The van der Waals surface area contributed by atoms with Gasteiger partial charge in [-0.1, -0.05) is 0 Å². The second-order valence-electron chi connectivity index (χ2n) is 2.37. The highest BCUT2D eigenvalue weighted by atomic mass is 16.6. The summed E-state index contributed by atoms with van der Waals surface area (Å²) >= 11 is 0. The Balaban J connectivity index is 2.72. The third-order valence-corrected chi connectivity index (χ3v) is 1.33. The summed E-state index contributed by atoms with van der Waals surface area (Å²) in [5.41, 5.74) is 0. The van der Waals surface area contributed by atoms with Gasteiger partial charge in [-0.25, -0.2) is 4.79 Å². The second kappa shape index (κ2) is 4.81. The van der Waals surface area contributed by atoms with Crippen LogP contribution < -0.4 is 0 Å². The Morgan fingerprint density at radius 3 is 2.93 bits per heavy atom. The van der Waals surface area contributed by atoms with Gasteiger partial charge in [0.05, 0.1) is 12.7 Å². The molecule has 0 saturated heterocycles. The number of nitro groups is 1. The van der Waals surface area contributed by atoms with E-state index >= 15 is 0 Å². The van der Waals surface area contributed by atoms with Gasteiger partial charge in [-0.15, -0.1) is 0 Å². The number of carbonyl (C=O) groups excluding carboxylic acids is 1. The molecule has 78 valence electrons. The van der Waals surface area contributed by atoms with Crippen molar-refractivity contribution in [2.45, 2.75) is 6.92 Å². The van der Waals surface area contributed by atoms with Crippen LogP contribution in [0.5, 0.6) is 0 Å². The molecule has 0 aliphatic heterocycles. The van der Waals surface area contributed by atoms with E-state index in [1.165, 1.54) is 6.07 Å². The molecule has 1 aromatic rings. The van der Waals surface area contributed by atoms with Gasteiger partial charge in [-0.3, -0.25) is 10.1 Å². The Morgan fingerprint density at radius 1 is 1.67 bits per heavy atom. The smallest absolute Gasteiger partial charge is 0.434 e. The average molecular weight is 209 g/mol. The van der Waals surface area contributed by atoms with Gasteiger partial charge >= 0.3 is 11.9 Å². The molecule has 6 heteroatoms. The highest BCUT2D eigenvalue weighted by molar-refractivity contribution is 5.88. The van der Waals surface area contributed by atoms with Gasteiger partial charge in [0.2, 0.25) is 0 Å². The molecule has 0 fully saturated rings. The fourth-order valence-corrected chi connectivity index (χ4v) is 0.773. The minimum atomic E-state index is -0.698. The van der Waals surface area contributed by atoms with Crippen molar-refractivity contribution < 1.29 is 18.9 Å². The third-order valence-electron chi connectivity index (χ3n) is 1.33. The molecule has 0 bridgehead atoms. The van der Waals surface area contributed by atoms with Crippen LogP contribution in [-0.2, 0) is 9.53 Å². The maximum absolute atomic E-state index is 10.8. The van der Waals surface area contributed by atoms with Crippen LogP contribution in [0.3, 0.4) is 0 Å². The van der Waals surface area contributed by atoms with Crippen LogP contribution in [-0.4, -0.2) is 17.5 Å². The van der Waals surface area contributed by atoms with Crippen molar-refractivity contribution in [3.63, 3.8) is 0 Å². The standard InChI is InChI=1S/C9H7NO5/c1-2-14-9(11)6-4-7-3-5-8(15-7)10(12)13/h3,5H,2H2,1H3. The van der Waals surface area contributed by atoms with Crippen molar-refractivity contribution in [1.82, 2.24) is 0 Å². The monoisotopic (exact) mass is 209 g/mol. The lowest BCUT2D eigenvalue weighted by Gasteiger charge is -1.89. The Labute approximate surface area is 85.0 Å². The Kier molecular flexibility index (Phi) is 3.46. The summed E-state index contributed by atoms with van der Waals surface area (Å²) in [5.74, 6) is 3.37. The lowest BCUT2D eigenvalue weighted by atomic mass is 10.4. The fraction of sp³-hybridized carbons (Fsp3) is 0.222. The SMILES string of the molecule is CCOC(=O)C#Cc1ccc([N+](=O)[O-])o1. The molecule has 15 heavy (non-hydrogen) atoms. The van der Waals surface area contributed by atoms with Crippen molar-refractivity contribution in [2.24, 2.45) is 0 Å². The molecule has 1 aromatic heterocycles. The summed E-state index contributed by atoms with van der Waals surface area (Å²) in [4.78, 5) is 20.3. The zero-order valence-corrected chi connectivity index (χ0v) is 7.85. The summed E-state index contributed by atoms with van der Waals surface area (Å²) in [5, 5.41) is 10.2. The molecule has 0 radical (unpaired) electrons. The van der Waals surface area contributed by atoms with E-state index in [1.807, 2.05) is 0 Å². The molecule has 0 unspecified atom stereocenters. The van der Waals surface area contributed by atoms with Gasteiger partial charge in [0.15, 0.2) is 5.76 Å². The van der Waals surface area contributed by atoms with E-state index in [4.69, 9.17) is 4.42 Å². The largest absolute Gasteiger partial charge is 0.456 e. The van der Waals surface area contributed by atoms with Gasteiger partial charge in [0, 0.05) is 12.0 Å². The van der Waals surface area contributed by atoms with Gasteiger partial charge in [0.1, 0.15) is 4.92 Å². The van der Waals surface area contributed by atoms with Crippen LogP contribution in [0.4, 0.5) is 5.88 Å². The molecule has 0 aromatic carbocycles.